The van der Waals surface area contributed by atoms with Gasteiger partial charge in [-0.2, -0.15) is 0 Å². The molecule has 0 aliphatic heterocycles. The van der Waals surface area contributed by atoms with Crippen LogP contribution in [0, 0.1) is 0 Å². The first kappa shape index (κ1) is 12.7. The van der Waals surface area contributed by atoms with Crippen LogP contribution in [-0.2, 0) is 6.42 Å². The average molecular weight is 244 g/mol. The fraction of sp³-hybridized carbons (Fsp3) is 0.400. The third-order valence-electron chi connectivity index (χ3n) is 3.18. The lowest BCUT2D eigenvalue weighted by Gasteiger charge is -2.03. The second kappa shape index (κ2) is 6.24. The Balaban J connectivity index is 1.96. The molecule has 2 N–H and O–H groups in total. The van der Waals surface area contributed by atoms with Crippen LogP contribution in [0.1, 0.15) is 38.2 Å². The topological polar surface area (TPSA) is 52.0 Å². The Labute approximate surface area is 108 Å². The van der Waals surface area contributed by atoms with Crippen LogP contribution >= 0.6 is 0 Å². The summed E-state index contributed by atoms with van der Waals surface area (Å²) < 4.78 is 4.87. The van der Waals surface area contributed by atoms with E-state index in [4.69, 9.17) is 10.3 Å². The lowest BCUT2D eigenvalue weighted by atomic mass is 10.0. The second-order valence-electron chi connectivity index (χ2n) is 4.61. The number of hydrogen-bond acceptors (Lipinski definition) is 3. The Morgan fingerprint density at radius 2 is 1.89 bits per heavy atom. The molecule has 1 heterocycles. The normalized spacial score (nSPS) is 10.7. The average Bonchev–Trinajstić information content (AvgIpc) is 2.82. The molecule has 1 aromatic heterocycles. The number of nitrogen functional groups attached to an aromatic ring is 1. The largest absolute Gasteiger partial charge is 0.367 e. The van der Waals surface area contributed by atoms with Crippen molar-refractivity contribution in [2.45, 2.75) is 39.0 Å². The molecule has 0 atom stereocenters. The molecule has 0 spiro atoms. The zero-order valence-corrected chi connectivity index (χ0v) is 10.9. The molecule has 0 bridgehead atoms. The predicted octanol–water partition coefficient (Wildman–Crippen LogP) is 4.05. The number of rotatable bonds is 6. The van der Waals surface area contributed by atoms with Crippen LogP contribution in [-0.4, -0.2) is 5.16 Å². The van der Waals surface area contributed by atoms with Gasteiger partial charge < -0.3 is 10.3 Å². The lowest BCUT2D eigenvalue weighted by molar-refractivity contribution is 0.436. The third-order valence-corrected chi connectivity index (χ3v) is 3.18. The molecule has 2 aromatic rings. The smallest absolute Gasteiger partial charge is 0.229 e. The van der Waals surface area contributed by atoms with Crippen molar-refractivity contribution in [1.82, 2.24) is 5.16 Å². The highest BCUT2D eigenvalue weighted by atomic mass is 16.5. The highest BCUT2D eigenvalue weighted by Gasteiger charge is 2.06. The predicted molar refractivity (Wildman–Crippen MR) is 74.2 cm³/mol. The van der Waals surface area contributed by atoms with Gasteiger partial charge in [-0.25, -0.2) is 0 Å². The van der Waals surface area contributed by atoms with Gasteiger partial charge in [0.2, 0.25) is 5.88 Å². The van der Waals surface area contributed by atoms with Crippen molar-refractivity contribution >= 4 is 5.88 Å². The van der Waals surface area contributed by atoms with Gasteiger partial charge in [-0.05, 0) is 24.0 Å². The third kappa shape index (κ3) is 3.13. The zero-order valence-electron chi connectivity index (χ0n) is 10.9. The van der Waals surface area contributed by atoms with Crippen molar-refractivity contribution < 1.29 is 4.52 Å². The van der Waals surface area contributed by atoms with Gasteiger partial charge in [0.1, 0.15) is 0 Å². The van der Waals surface area contributed by atoms with Crippen LogP contribution in [0.15, 0.2) is 35.0 Å². The monoisotopic (exact) mass is 244 g/mol. The van der Waals surface area contributed by atoms with Crippen LogP contribution in [0.25, 0.3) is 11.1 Å². The van der Waals surface area contributed by atoms with Crippen molar-refractivity contribution in [1.29, 1.82) is 0 Å². The molecule has 0 saturated carbocycles. The first-order valence-electron chi connectivity index (χ1n) is 6.60. The summed E-state index contributed by atoms with van der Waals surface area (Å²) in [7, 11) is 0. The first-order chi connectivity index (χ1) is 8.81. The molecule has 0 fully saturated rings. The van der Waals surface area contributed by atoms with E-state index in [-0.39, 0.29) is 0 Å². The summed E-state index contributed by atoms with van der Waals surface area (Å²) in [5, 5.41) is 3.69. The Kier molecular flexibility index (Phi) is 4.40. The SMILES string of the molecule is CCCCCCc1ccc(-c2cnoc2N)cc1. The molecule has 1 aromatic carbocycles. The van der Waals surface area contributed by atoms with Gasteiger partial charge in [0, 0.05) is 0 Å². The molecule has 0 aliphatic rings. The van der Waals surface area contributed by atoms with Crippen LogP contribution in [0.5, 0.6) is 0 Å². The van der Waals surface area contributed by atoms with Crippen LogP contribution < -0.4 is 5.73 Å². The maximum absolute atomic E-state index is 5.69. The van der Waals surface area contributed by atoms with E-state index in [0.29, 0.717) is 5.88 Å². The van der Waals surface area contributed by atoms with E-state index in [2.05, 4.69) is 36.3 Å². The van der Waals surface area contributed by atoms with E-state index in [1.54, 1.807) is 6.20 Å². The molecule has 3 nitrogen and oxygen atoms in total. The number of nitrogens with zero attached hydrogens (tertiary/aromatic N) is 1. The number of hydrogen-bond donors (Lipinski definition) is 1. The summed E-state index contributed by atoms with van der Waals surface area (Å²) in [6.45, 7) is 2.23. The van der Waals surface area contributed by atoms with Gasteiger partial charge in [0.15, 0.2) is 0 Å². The van der Waals surface area contributed by atoms with E-state index in [9.17, 15) is 0 Å². The summed E-state index contributed by atoms with van der Waals surface area (Å²) in [4.78, 5) is 0. The van der Waals surface area contributed by atoms with Crippen molar-refractivity contribution in [3.8, 4) is 11.1 Å². The minimum Gasteiger partial charge on any atom is -0.367 e. The summed E-state index contributed by atoms with van der Waals surface area (Å²) in [5.74, 6) is 0.380. The van der Waals surface area contributed by atoms with Gasteiger partial charge in [-0.1, -0.05) is 55.6 Å². The van der Waals surface area contributed by atoms with Gasteiger partial charge >= 0.3 is 0 Å². The Bertz CT molecular complexity index is 473. The molecule has 0 aliphatic carbocycles. The van der Waals surface area contributed by atoms with E-state index in [1.807, 2.05) is 0 Å². The van der Waals surface area contributed by atoms with Crippen LogP contribution in [0.2, 0.25) is 0 Å². The molecule has 0 amide bonds. The Morgan fingerprint density at radius 1 is 1.11 bits per heavy atom. The van der Waals surface area contributed by atoms with E-state index >= 15 is 0 Å². The summed E-state index contributed by atoms with van der Waals surface area (Å²) >= 11 is 0. The van der Waals surface area contributed by atoms with E-state index < -0.39 is 0 Å². The Morgan fingerprint density at radius 3 is 2.50 bits per heavy atom. The van der Waals surface area contributed by atoms with Crippen LogP contribution in [0.4, 0.5) is 5.88 Å². The van der Waals surface area contributed by atoms with Gasteiger partial charge in [-0.15, -0.1) is 0 Å². The number of nitrogens with two attached hydrogens (primary N) is 1. The quantitative estimate of drug-likeness (QED) is 0.780. The minimum atomic E-state index is 0.380. The molecule has 0 radical (unpaired) electrons. The number of unbranched alkanes of at least 4 members (excludes halogenated alkanes) is 3. The molecule has 0 unspecified atom stereocenters. The molecule has 2 rings (SSSR count). The molecule has 0 saturated heterocycles. The fourth-order valence-electron chi connectivity index (χ4n) is 2.07. The van der Waals surface area contributed by atoms with Crippen LogP contribution in [0.3, 0.4) is 0 Å². The number of benzene rings is 1. The second-order valence-corrected chi connectivity index (χ2v) is 4.61. The van der Waals surface area contributed by atoms with Crippen molar-refractivity contribution in [2.75, 3.05) is 5.73 Å². The van der Waals surface area contributed by atoms with Crippen molar-refractivity contribution in [3.05, 3.63) is 36.0 Å². The minimum absolute atomic E-state index is 0.380. The zero-order chi connectivity index (χ0) is 12.8. The molecule has 3 heteroatoms. The molecule has 96 valence electrons. The van der Waals surface area contributed by atoms with Gasteiger partial charge in [-0.3, -0.25) is 0 Å². The lowest BCUT2D eigenvalue weighted by Crippen LogP contribution is -1.88. The maximum atomic E-state index is 5.69. The first-order valence-corrected chi connectivity index (χ1v) is 6.60. The molecule has 18 heavy (non-hydrogen) atoms. The number of aromatic nitrogens is 1. The van der Waals surface area contributed by atoms with E-state index in [0.717, 1.165) is 17.5 Å². The summed E-state index contributed by atoms with van der Waals surface area (Å²) in [5.41, 5.74) is 9.00. The highest BCUT2D eigenvalue weighted by Crippen LogP contribution is 2.25. The summed E-state index contributed by atoms with van der Waals surface area (Å²) in [6.07, 6.45) is 8.01. The summed E-state index contributed by atoms with van der Waals surface area (Å²) in [6, 6.07) is 8.48. The number of anilines is 1. The standard InChI is InChI=1S/C15H20N2O/c1-2-3-4-5-6-12-7-9-13(10-8-12)14-11-17-18-15(14)16/h7-11H,2-6,16H2,1H3. The van der Waals surface area contributed by atoms with Gasteiger partial charge in [0.05, 0.1) is 11.8 Å². The van der Waals surface area contributed by atoms with Gasteiger partial charge in [0.25, 0.3) is 0 Å². The highest BCUT2D eigenvalue weighted by molar-refractivity contribution is 5.71. The Hall–Kier alpha value is -1.77. The van der Waals surface area contributed by atoms with E-state index in [1.165, 1.54) is 31.2 Å². The molecular weight excluding hydrogens is 224 g/mol. The fourth-order valence-corrected chi connectivity index (χ4v) is 2.07. The van der Waals surface area contributed by atoms with Crippen molar-refractivity contribution in [3.63, 3.8) is 0 Å². The molecular formula is C15H20N2O. The van der Waals surface area contributed by atoms with Crippen molar-refractivity contribution in [2.24, 2.45) is 0 Å². The maximum Gasteiger partial charge on any atom is 0.229 e. The number of aryl methyl sites for hydroxylation is 1.